The van der Waals surface area contributed by atoms with Gasteiger partial charge in [0.05, 0.1) is 10.6 Å². The van der Waals surface area contributed by atoms with Gasteiger partial charge in [-0.3, -0.25) is 4.99 Å². The molecule has 0 atom stereocenters. The molecule has 2 N–H and O–H groups in total. The van der Waals surface area contributed by atoms with Gasteiger partial charge in [-0.25, -0.2) is 8.42 Å². The molecule has 0 radical (unpaired) electrons. The fourth-order valence-corrected chi connectivity index (χ4v) is 3.13. The Balaban J connectivity index is 2.67. The van der Waals surface area contributed by atoms with Crippen LogP contribution in [-0.4, -0.2) is 40.3 Å². The van der Waals surface area contributed by atoms with Gasteiger partial charge in [0.25, 0.3) is 0 Å². The summed E-state index contributed by atoms with van der Waals surface area (Å²) in [5.74, 6) is 0.569. The van der Waals surface area contributed by atoms with Crippen LogP contribution >= 0.6 is 0 Å². The molecule has 23 heavy (non-hydrogen) atoms. The lowest BCUT2D eigenvalue weighted by atomic mass is 9.87. The molecule has 0 aliphatic heterocycles. The number of nitrogens with zero attached hydrogens (tertiary/aromatic N) is 1. The van der Waals surface area contributed by atoms with Crippen LogP contribution in [0.4, 0.5) is 0 Å². The molecule has 1 rings (SSSR count). The Bertz CT molecular complexity index is 641. The lowest BCUT2D eigenvalue weighted by molar-refractivity contribution is 0.586. The van der Waals surface area contributed by atoms with Crippen molar-refractivity contribution in [2.24, 2.45) is 4.99 Å². The minimum atomic E-state index is -3.31. The van der Waals surface area contributed by atoms with E-state index < -0.39 is 9.84 Å². The molecule has 0 heterocycles. The second-order valence-corrected chi connectivity index (χ2v) is 8.37. The number of sulfone groups is 1. The van der Waals surface area contributed by atoms with Crippen molar-refractivity contribution in [2.45, 2.75) is 31.1 Å². The highest BCUT2D eigenvalue weighted by Gasteiger charge is 2.17. The van der Waals surface area contributed by atoms with Gasteiger partial charge in [0, 0.05) is 20.1 Å². The zero-order valence-corrected chi connectivity index (χ0v) is 15.2. The Hall–Kier alpha value is -1.82. The Morgan fingerprint density at radius 1 is 1.22 bits per heavy atom. The monoisotopic (exact) mass is 337 g/mol. The SMILES string of the molecule is C=CCNC(=NC)NCCS(=O)(=O)c1ccc(C(C)(C)C)cc1. The van der Waals surface area contributed by atoms with Crippen LogP contribution in [0.15, 0.2) is 46.8 Å². The first-order valence-electron chi connectivity index (χ1n) is 7.59. The molecule has 0 saturated heterocycles. The molecule has 0 bridgehead atoms. The molecule has 0 spiro atoms. The van der Waals surface area contributed by atoms with Crippen molar-refractivity contribution < 1.29 is 8.42 Å². The number of nitrogens with one attached hydrogen (secondary N) is 2. The van der Waals surface area contributed by atoms with Gasteiger partial charge in [0.15, 0.2) is 15.8 Å². The third-order valence-electron chi connectivity index (χ3n) is 3.38. The summed E-state index contributed by atoms with van der Waals surface area (Å²) in [5.41, 5.74) is 1.12. The molecule has 6 heteroatoms. The Morgan fingerprint density at radius 2 is 1.83 bits per heavy atom. The summed E-state index contributed by atoms with van der Waals surface area (Å²) in [6, 6.07) is 7.12. The van der Waals surface area contributed by atoms with Crippen molar-refractivity contribution in [3.8, 4) is 0 Å². The van der Waals surface area contributed by atoms with Gasteiger partial charge in [0.2, 0.25) is 0 Å². The molecule has 0 amide bonds. The summed E-state index contributed by atoms with van der Waals surface area (Å²) >= 11 is 0. The first-order valence-corrected chi connectivity index (χ1v) is 9.24. The Labute approximate surface area is 139 Å². The molecule has 1 aromatic rings. The molecule has 0 aromatic heterocycles. The lowest BCUT2D eigenvalue weighted by Crippen LogP contribution is -2.39. The summed E-state index contributed by atoms with van der Waals surface area (Å²) in [7, 11) is -1.68. The number of guanidine groups is 1. The van der Waals surface area contributed by atoms with Gasteiger partial charge in [-0.05, 0) is 23.1 Å². The normalized spacial score (nSPS) is 12.8. The molecule has 0 fully saturated rings. The first kappa shape index (κ1) is 19.2. The molecule has 1 aromatic carbocycles. The van der Waals surface area contributed by atoms with Crippen molar-refractivity contribution in [3.05, 3.63) is 42.5 Å². The highest BCUT2D eigenvalue weighted by molar-refractivity contribution is 7.91. The van der Waals surface area contributed by atoms with E-state index in [1.807, 2.05) is 12.1 Å². The van der Waals surface area contributed by atoms with Crippen LogP contribution in [0.3, 0.4) is 0 Å². The van der Waals surface area contributed by atoms with Crippen molar-refractivity contribution >= 4 is 15.8 Å². The van der Waals surface area contributed by atoms with Gasteiger partial charge in [-0.15, -0.1) is 6.58 Å². The van der Waals surface area contributed by atoms with Gasteiger partial charge in [0.1, 0.15) is 0 Å². The predicted octanol–water partition coefficient (Wildman–Crippen LogP) is 2.11. The maximum absolute atomic E-state index is 12.4. The molecule has 0 saturated carbocycles. The second-order valence-electron chi connectivity index (χ2n) is 6.26. The molecule has 0 unspecified atom stereocenters. The predicted molar refractivity (Wildman–Crippen MR) is 96.8 cm³/mol. The van der Waals surface area contributed by atoms with Crippen LogP contribution in [0.5, 0.6) is 0 Å². The van der Waals surface area contributed by atoms with Crippen LogP contribution in [0.2, 0.25) is 0 Å². The number of hydrogen-bond donors (Lipinski definition) is 2. The van der Waals surface area contributed by atoms with Crippen molar-refractivity contribution in [1.82, 2.24) is 10.6 Å². The largest absolute Gasteiger partial charge is 0.355 e. The van der Waals surface area contributed by atoms with E-state index >= 15 is 0 Å². The molecular formula is C17H27N3O2S. The number of aliphatic imine (C=N–C) groups is 1. The number of benzene rings is 1. The lowest BCUT2D eigenvalue weighted by Gasteiger charge is -2.19. The highest BCUT2D eigenvalue weighted by Crippen LogP contribution is 2.23. The summed E-state index contributed by atoms with van der Waals surface area (Å²) in [5, 5.41) is 5.97. The van der Waals surface area contributed by atoms with Crippen LogP contribution in [0, 0.1) is 0 Å². The Kier molecular flexibility index (Phi) is 6.81. The third kappa shape index (κ3) is 6.06. The van der Waals surface area contributed by atoms with E-state index in [1.165, 1.54) is 0 Å². The van der Waals surface area contributed by atoms with E-state index in [1.54, 1.807) is 25.3 Å². The van der Waals surface area contributed by atoms with E-state index in [9.17, 15) is 8.42 Å². The second kappa shape index (κ2) is 8.15. The van der Waals surface area contributed by atoms with Crippen LogP contribution in [0.1, 0.15) is 26.3 Å². The number of hydrogen-bond acceptors (Lipinski definition) is 3. The highest BCUT2D eigenvalue weighted by atomic mass is 32.2. The van der Waals surface area contributed by atoms with E-state index in [0.717, 1.165) is 5.56 Å². The zero-order valence-electron chi connectivity index (χ0n) is 14.4. The molecule has 5 nitrogen and oxygen atoms in total. The zero-order chi connectivity index (χ0) is 17.5. The Morgan fingerprint density at radius 3 is 2.30 bits per heavy atom. The topological polar surface area (TPSA) is 70.6 Å². The van der Waals surface area contributed by atoms with Crippen LogP contribution in [-0.2, 0) is 15.3 Å². The standard InChI is InChI=1S/C17H27N3O2S/c1-6-11-19-16(18-5)20-12-13-23(21,22)15-9-7-14(8-10-15)17(2,3)4/h6-10H,1,11-13H2,2-5H3,(H2,18,19,20). The minimum absolute atomic E-state index is 0.00710. The van der Waals surface area contributed by atoms with E-state index in [4.69, 9.17) is 0 Å². The van der Waals surface area contributed by atoms with Gasteiger partial charge in [-0.1, -0.05) is 39.0 Å². The fraction of sp³-hybridized carbons (Fsp3) is 0.471. The number of rotatable bonds is 6. The molecule has 0 aliphatic carbocycles. The quantitative estimate of drug-likeness (QED) is 0.474. The summed E-state index contributed by atoms with van der Waals surface area (Å²) < 4.78 is 24.7. The van der Waals surface area contributed by atoms with Crippen molar-refractivity contribution in [1.29, 1.82) is 0 Å². The fourth-order valence-electron chi connectivity index (χ4n) is 1.97. The van der Waals surface area contributed by atoms with E-state index in [2.05, 4.69) is 43.0 Å². The summed E-state index contributed by atoms with van der Waals surface area (Å²) in [4.78, 5) is 4.36. The van der Waals surface area contributed by atoms with Crippen LogP contribution < -0.4 is 10.6 Å². The van der Waals surface area contributed by atoms with Crippen molar-refractivity contribution in [3.63, 3.8) is 0 Å². The molecule has 128 valence electrons. The van der Waals surface area contributed by atoms with Gasteiger partial charge < -0.3 is 10.6 Å². The van der Waals surface area contributed by atoms with E-state index in [0.29, 0.717) is 23.9 Å². The smallest absolute Gasteiger partial charge is 0.191 e. The minimum Gasteiger partial charge on any atom is -0.355 e. The van der Waals surface area contributed by atoms with Gasteiger partial charge in [-0.2, -0.15) is 0 Å². The maximum atomic E-state index is 12.4. The average Bonchev–Trinajstić information content (AvgIpc) is 2.50. The summed E-state index contributed by atoms with van der Waals surface area (Å²) in [6.45, 7) is 10.8. The average molecular weight is 337 g/mol. The van der Waals surface area contributed by atoms with Crippen molar-refractivity contribution in [2.75, 3.05) is 25.9 Å². The molecule has 0 aliphatic rings. The van der Waals surface area contributed by atoms with E-state index in [-0.39, 0.29) is 11.2 Å². The van der Waals surface area contributed by atoms with Crippen LogP contribution in [0.25, 0.3) is 0 Å². The maximum Gasteiger partial charge on any atom is 0.191 e. The molecular weight excluding hydrogens is 310 g/mol. The van der Waals surface area contributed by atoms with Gasteiger partial charge >= 0.3 is 0 Å². The summed E-state index contributed by atoms with van der Waals surface area (Å²) in [6.07, 6.45) is 1.71. The first-order chi connectivity index (χ1) is 10.7. The third-order valence-corrected chi connectivity index (χ3v) is 5.11.